The molecular formula is C16H17NO4S. The van der Waals surface area contributed by atoms with Gasteiger partial charge in [0.05, 0.1) is 17.0 Å². The highest BCUT2D eigenvalue weighted by atomic mass is 32.2. The summed E-state index contributed by atoms with van der Waals surface area (Å²) in [7, 11) is -2.19. The van der Waals surface area contributed by atoms with Crippen molar-refractivity contribution in [2.45, 2.75) is 23.5 Å². The van der Waals surface area contributed by atoms with E-state index in [9.17, 15) is 18.6 Å². The van der Waals surface area contributed by atoms with Crippen molar-refractivity contribution >= 4 is 10.0 Å². The lowest BCUT2D eigenvalue weighted by atomic mass is 9.95. The van der Waals surface area contributed by atoms with Gasteiger partial charge in [-0.2, -0.15) is 4.31 Å². The first-order chi connectivity index (χ1) is 10.4. The third-order valence-electron chi connectivity index (χ3n) is 4.15. The molecule has 3 rings (SSSR count). The van der Waals surface area contributed by atoms with Gasteiger partial charge in [0.2, 0.25) is 10.0 Å². The number of sulfonamides is 1. The minimum Gasteiger partial charge on any atom is -0.508 e. The third kappa shape index (κ3) is 2.29. The number of nitrogens with zero attached hydrogens (tertiary/aromatic N) is 1. The number of aliphatic hydroxyl groups excluding tert-OH is 1. The van der Waals surface area contributed by atoms with Gasteiger partial charge in [0.1, 0.15) is 5.75 Å². The van der Waals surface area contributed by atoms with Crippen LogP contribution < -0.4 is 0 Å². The van der Waals surface area contributed by atoms with Gasteiger partial charge in [0.15, 0.2) is 0 Å². The van der Waals surface area contributed by atoms with Crippen LogP contribution in [0.5, 0.6) is 5.75 Å². The number of phenols is 1. The number of hydrogen-bond acceptors (Lipinski definition) is 4. The van der Waals surface area contributed by atoms with Crippen molar-refractivity contribution in [1.29, 1.82) is 0 Å². The molecule has 0 amide bonds. The molecule has 116 valence electrons. The summed E-state index contributed by atoms with van der Waals surface area (Å²) in [5.74, 6) is 0.0966. The number of aliphatic hydroxyl groups is 1. The first-order valence-electron chi connectivity index (χ1n) is 6.95. The number of para-hydroxylation sites is 1. The summed E-state index contributed by atoms with van der Waals surface area (Å²) in [6, 6.07) is 12.6. The van der Waals surface area contributed by atoms with Crippen LogP contribution in [0.3, 0.4) is 0 Å². The quantitative estimate of drug-likeness (QED) is 0.883. The molecular weight excluding hydrogens is 302 g/mol. The Kier molecular flexibility index (Phi) is 3.68. The average molecular weight is 319 g/mol. The Labute approximate surface area is 129 Å². The number of aromatic hydroxyl groups is 1. The molecule has 6 heteroatoms. The summed E-state index contributed by atoms with van der Waals surface area (Å²) in [4.78, 5) is 0.138. The molecule has 2 aromatic carbocycles. The summed E-state index contributed by atoms with van der Waals surface area (Å²) in [6.45, 7) is 0. The average Bonchev–Trinajstić information content (AvgIpc) is 2.52. The molecule has 0 bridgehead atoms. The molecule has 2 N–H and O–H groups in total. The van der Waals surface area contributed by atoms with Gasteiger partial charge in [-0.3, -0.25) is 0 Å². The Hall–Kier alpha value is -1.89. The number of fused-ring (bicyclic) bond motifs is 1. The number of hydrogen-bond donors (Lipinski definition) is 2. The minimum absolute atomic E-state index is 0.0966. The highest BCUT2D eigenvalue weighted by molar-refractivity contribution is 7.89. The van der Waals surface area contributed by atoms with Crippen LogP contribution in [0.4, 0.5) is 0 Å². The van der Waals surface area contributed by atoms with Crippen LogP contribution in [0.2, 0.25) is 0 Å². The Bertz CT molecular complexity index is 803. The molecule has 0 fully saturated rings. The molecule has 2 atom stereocenters. The fourth-order valence-electron chi connectivity index (χ4n) is 2.85. The minimum atomic E-state index is -3.64. The second-order valence-electron chi connectivity index (χ2n) is 5.40. The van der Waals surface area contributed by atoms with Crippen LogP contribution in [0, 0.1) is 0 Å². The van der Waals surface area contributed by atoms with E-state index in [1.54, 1.807) is 42.5 Å². The van der Waals surface area contributed by atoms with Gasteiger partial charge in [-0.15, -0.1) is 0 Å². The van der Waals surface area contributed by atoms with E-state index in [1.807, 2.05) is 0 Å². The Morgan fingerprint density at radius 2 is 1.73 bits per heavy atom. The van der Waals surface area contributed by atoms with Crippen LogP contribution in [-0.2, 0) is 16.4 Å². The number of benzene rings is 2. The normalized spacial score (nSPS) is 23.9. The lowest BCUT2D eigenvalue weighted by Gasteiger charge is -2.37. The Morgan fingerprint density at radius 3 is 2.45 bits per heavy atom. The molecule has 1 heterocycles. The van der Waals surface area contributed by atoms with Crippen molar-refractivity contribution in [2.24, 2.45) is 0 Å². The van der Waals surface area contributed by atoms with E-state index in [0.29, 0.717) is 11.1 Å². The van der Waals surface area contributed by atoms with Crippen LogP contribution >= 0.6 is 0 Å². The SMILES string of the molecule is CN1[C@@H](Cc2ccccc2O)[C@@H](O)c2ccccc2S1(=O)=O. The zero-order valence-corrected chi connectivity index (χ0v) is 12.9. The van der Waals surface area contributed by atoms with Crippen molar-refractivity contribution in [3.8, 4) is 5.75 Å². The van der Waals surface area contributed by atoms with Crippen molar-refractivity contribution in [2.75, 3.05) is 7.05 Å². The monoisotopic (exact) mass is 319 g/mol. The molecule has 0 radical (unpaired) electrons. The lowest BCUT2D eigenvalue weighted by Crippen LogP contribution is -2.46. The molecule has 1 aliphatic heterocycles. The molecule has 2 aromatic rings. The molecule has 0 spiro atoms. The van der Waals surface area contributed by atoms with Gasteiger partial charge in [0, 0.05) is 12.6 Å². The predicted molar refractivity (Wildman–Crippen MR) is 81.9 cm³/mol. The largest absolute Gasteiger partial charge is 0.508 e. The summed E-state index contributed by atoms with van der Waals surface area (Å²) in [5.41, 5.74) is 1.01. The Balaban J connectivity index is 2.05. The van der Waals surface area contributed by atoms with E-state index in [-0.39, 0.29) is 17.1 Å². The maximum Gasteiger partial charge on any atom is 0.243 e. The van der Waals surface area contributed by atoms with Gasteiger partial charge in [-0.25, -0.2) is 8.42 Å². The van der Waals surface area contributed by atoms with Crippen LogP contribution in [0.25, 0.3) is 0 Å². The molecule has 0 aromatic heterocycles. The molecule has 0 saturated carbocycles. The van der Waals surface area contributed by atoms with Gasteiger partial charge in [0.25, 0.3) is 0 Å². The van der Waals surface area contributed by atoms with Crippen LogP contribution in [-0.4, -0.2) is 36.0 Å². The zero-order valence-electron chi connectivity index (χ0n) is 12.0. The molecule has 0 aliphatic carbocycles. The molecule has 5 nitrogen and oxygen atoms in total. The van der Waals surface area contributed by atoms with Crippen molar-refractivity contribution in [1.82, 2.24) is 4.31 Å². The van der Waals surface area contributed by atoms with E-state index in [4.69, 9.17) is 0 Å². The van der Waals surface area contributed by atoms with Crippen LogP contribution in [0.1, 0.15) is 17.2 Å². The third-order valence-corrected chi connectivity index (χ3v) is 6.10. The van der Waals surface area contributed by atoms with E-state index < -0.39 is 22.2 Å². The Morgan fingerprint density at radius 1 is 1.09 bits per heavy atom. The number of likely N-dealkylation sites (N-methyl/N-ethyl adjacent to an activating group) is 1. The molecule has 0 unspecified atom stereocenters. The second kappa shape index (κ2) is 5.39. The lowest BCUT2D eigenvalue weighted by molar-refractivity contribution is 0.0889. The predicted octanol–water partition coefficient (Wildman–Crippen LogP) is 1.67. The number of phenolic OH excluding ortho intramolecular Hbond substituents is 1. The van der Waals surface area contributed by atoms with Crippen molar-refractivity contribution in [3.05, 3.63) is 59.7 Å². The maximum absolute atomic E-state index is 12.6. The summed E-state index contributed by atoms with van der Waals surface area (Å²) >= 11 is 0. The van der Waals surface area contributed by atoms with Crippen molar-refractivity contribution < 1.29 is 18.6 Å². The fraction of sp³-hybridized carbons (Fsp3) is 0.250. The summed E-state index contributed by atoms with van der Waals surface area (Å²) < 4.78 is 26.4. The highest BCUT2D eigenvalue weighted by Gasteiger charge is 2.41. The van der Waals surface area contributed by atoms with E-state index >= 15 is 0 Å². The standard InChI is InChI=1S/C16H17NO4S/c1-17-13(10-11-6-2-4-8-14(11)18)16(19)12-7-3-5-9-15(12)22(17,20)21/h2-9,13,16,18-19H,10H2,1H3/t13-,16-/m0/s1. The fourth-order valence-corrected chi connectivity index (χ4v) is 4.44. The zero-order chi connectivity index (χ0) is 15.9. The van der Waals surface area contributed by atoms with Gasteiger partial charge >= 0.3 is 0 Å². The highest BCUT2D eigenvalue weighted by Crippen LogP contribution is 2.37. The summed E-state index contributed by atoms with van der Waals surface area (Å²) in [5, 5.41) is 20.5. The smallest absolute Gasteiger partial charge is 0.243 e. The molecule has 0 saturated heterocycles. The van der Waals surface area contributed by atoms with Crippen LogP contribution in [0.15, 0.2) is 53.4 Å². The topological polar surface area (TPSA) is 77.8 Å². The van der Waals surface area contributed by atoms with Gasteiger partial charge in [-0.1, -0.05) is 36.4 Å². The first-order valence-corrected chi connectivity index (χ1v) is 8.39. The van der Waals surface area contributed by atoms with E-state index in [0.717, 1.165) is 0 Å². The van der Waals surface area contributed by atoms with Gasteiger partial charge in [-0.05, 0) is 24.1 Å². The number of rotatable bonds is 2. The summed E-state index contributed by atoms with van der Waals surface area (Å²) in [6.07, 6.45) is -0.706. The first kappa shape index (κ1) is 15.0. The van der Waals surface area contributed by atoms with E-state index in [1.165, 1.54) is 17.4 Å². The molecule has 1 aliphatic rings. The molecule has 22 heavy (non-hydrogen) atoms. The van der Waals surface area contributed by atoms with Crippen molar-refractivity contribution in [3.63, 3.8) is 0 Å². The maximum atomic E-state index is 12.6. The second-order valence-corrected chi connectivity index (χ2v) is 7.37. The van der Waals surface area contributed by atoms with E-state index in [2.05, 4.69) is 0 Å². The van der Waals surface area contributed by atoms with Gasteiger partial charge < -0.3 is 10.2 Å².